The minimum atomic E-state index is -0.227. The number of nitrogens with zero attached hydrogens (tertiary/aromatic N) is 3. The fourth-order valence-electron chi connectivity index (χ4n) is 2.02. The zero-order valence-electron chi connectivity index (χ0n) is 11.8. The standard InChI is InChI=1S/C15H13ClN4OS/c1-20-12(13-5-6-14(16)22-13)8-11(19-20)15(21)18-9-10-4-2-3-7-17-10/h2-8H,9H2,1H3,(H,18,21). The van der Waals surface area contributed by atoms with Crippen LogP contribution in [0.5, 0.6) is 0 Å². The number of amides is 1. The third kappa shape index (κ3) is 3.18. The molecule has 3 aromatic rings. The van der Waals surface area contributed by atoms with Gasteiger partial charge in [-0.25, -0.2) is 0 Å². The number of pyridine rings is 1. The van der Waals surface area contributed by atoms with Crippen LogP contribution in [0.2, 0.25) is 4.34 Å². The molecule has 5 nitrogen and oxygen atoms in total. The Hall–Kier alpha value is -2.18. The summed E-state index contributed by atoms with van der Waals surface area (Å²) in [6, 6.07) is 11.1. The van der Waals surface area contributed by atoms with E-state index in [0.29, 0.717) is 16.6 Å². The normalized spacial score (nSPS) is 10.6. The fraction of sp³-hybridized carbons (Fsp3) is 0.133. The van der Waals surface area contributed by atoms with Crippen molar-refractivity contribution in [2.24, 2.45) is 7.05 Å². The highest BCUT2D eigenvalue weighted by Crippen LogP contribution is 2.31. The molecule has 22 heavy (non-hydrogen) atoms. The second-order valence-corrected chi connectivity index (χ2v) is 6.36. The van der Waals surface area contributed by atoms with Crippen LogP contribution in [0.4, 0.5) is 0 Å². The van der Waals surface area contributed by atoms with Crippen molar-refractivity contribution in [1.82, 2.24) is 20.1 Å². The van der Waals surface area contributed by atoms with Gasteiger partial charge in [0.15, 0.2) is 5.69 Å². The van der Waals surface area contributed by atoms with Crippen LogP contribution in [-0.4, -0.2) is 20.7 Å². The molecule has 0 aliphatic carbocycles. The molecule has 0 fully saturated rings. The molecule has 0 saturated carbocycles. The number of carbonyl (C=O) groups excluding carboxylic acids is 1. The minimum absolute atomic E-state index is 0.227. The molecule has 0 aliphatic rings. The van der Waals surface area contributed by atoms with Crippen LogP contribution in [0.1, 0.15) is 16.2 Å². The average Bonchev–Trinajstić information content (AvgIpc) is 3.11. The Morgan fingerprint density at radius 2 is 2.23 bits per heavy atom. The number of halogens is 1. The molecule has 0 unspecified atom stereocenters. The minimum Gasteiger partial charge on any atom is -0.345 e. The summed E-state index contributed by atoms with van der Waals surface area (Å²) >= 11 is 7.41. The van der Waals surface area contributed by atoms with E-state index in [0.717, 1.165) is 16.3 Å². The van der Waals surface area contributed by atoms with E-state index in [-0.39, 0.29) is 5.91 Å². The molecular weight excluding hydrogens is 320 g/mol. The van der Waals surface area contributed by atoms with Gasteiger partial charge in [-0.3, -0.25) is 14.5 Å². The summed E-state index contributed by atoms with van der Waals surface area (Å²) in [5.74, 6) is -0.227. The summed E-state index contributed by atoms with van der Waals surface area (Å²) in [5, 5.41) is 7.07. The molecule has 7 heteroatoms. The number of rotatable bonds is 4. The molecule has 0 radical (unpaired) electrons. The summed E-state index contributed by atoms with van der Waals surface area (Å²) in [5.41, 5.74) is 2.04. The van der Waals surface area contributed by atoms with Crippen molar-refractivity contribution in [2.75, 3.05) is 0 Å². The predicted octanol–water partition coefficient (Wildman–Crippen LogP) is 3.13. The van der Waals surface area contributed by atoms with Gasteiger partial charge in [-0.2, -0.15) is 5.10 Å². The van der Waals surface area contributed by atoms with Crippen molar-refractivity contribution < 1.29 is 4.79 Å². The van der Waals surface area contributed by atoms with Gasteiger partial charge < -0.3 is 5.32 Å². The lowest BCUT2D eigenvalue weighted by Crippen LogP contribution is -2.23. The lowest BCUT2D eigenvalue weighted by molar-refractivity contribution is 0.0944. The van der Waals surface area contributed by atoms with Gasteiger partial charge in [-0.1, -0.05) is 17.7 Å². The van der Waals surface area contributed by atoms with Crippen LogP contribution in [0.3, 0.4) is 0 Å². The average molecular weight is 333 g/mol. The van der Waals surface area contributed by atoms with Crippen LogP contribution in [0.15, 0.2) is 42.6 Å². The second-order valence-electron chi connectivity index (χ2n) is 4.65. The third-order valence-electron chi connectivity index (χ3n) is 3.09. The highest BCUT2D eigenvalue weighted by molar-refractivity contribution is 7.19. The van der Waals surface area contributed by atoms with Gasteiger partial charge >= 0.3 is 0 Å². The zero-order chi connectivity index (χ0) is 15.5. The molecule has 3 aromatic heterocycles. The third-order valence-corrected chi connectivity index (χ3v) is 4.35. The number of aryl methyl sites for hydroxylation is 1. The maximum absolute atomic E-state index is 12.2. The predicted molar refractivity (Wildman–Crippen MR) is 86.9 cm³/mol. The maximum Gasteiger partial charge on any atom is 0.272 e. The van der Waals surface area contributed by atoms with Crippen LogP contribution in [0.25, 0.3) is 10.6 Å². The van der Waals surface area contributed by atoms with Gasteiger partial charge in [0.1, 0.15) is 0 Å². The Labute approximate surface area is 136 Å². The maximum atomic E-state index is 12.2. The molecule has 0 saturated heterocycles. The molecule has 0 atom stereocenters. The Morgan fingerprint density at radius 3 is 2.91 bits per heavy atom. The molecule has 0 bridgehead atoms. The number of hydrogen-bond donors (Lipinski definition) is 1. The van der Waals surface area contributed by atoms with Crippen molar-refractivity contribution in [2.45, 2.75) is 6.54 Å². The van der Waals surface area contributed by atoms with Gasteiger partial charge in [-0.15, -0.1) is 11.3 Å². The monoisotopic (exact) mass is 332 g/mol. The largest absolute Gasteiger partial charge is 0.345 e. The smallest absolute Gasteiger partial charge is 0.272 e. The Bertz CT molecular complexity index is 797. The number of carbonyl (C=O) groups is 1. The van der Waals surface area contributed by atoms with E-state index >= 15 is 0 Å². The molecule has 0 aliphatic heterocycles. The highest BCUT2D eigenvalue weighted by atomic mass is 35.5. The van der Waals surface area contributed by atoms with Crippen molar-refractivity contribution >= 4 is 28.8 Å². The van der Waals surface area contributed by atoms with Gasteiger partial charge in [0, 0.05) is 13.2 Å². The number of hydrogen-bond acceptors (Lipinski definition) is 4. The van der Waals surface area contributed by atoms with E-state index in [1.807, 2.05) is 30.3 Å². The SMILES string of the molecule is Cn1nc(C(=O)NCc2ccccn2)cc1-c1ccc(Cl)s1. The summed E-state index contributed by atoms with van der Waals surface area (Å²) < 4.78 is 2.38. The quantitative estimate of drug-likeness (QED) is 0.798. The first-order chi connectivity index (χ1) is 10.6. The van der Waals surface area contributed by atoms with Gasteiger partial charge in [-0.05, 0) is 30.3 Å². The van der Waals surface area contributed by atoms with Crippen LogP contribution >= 0.6 is 22.9 Å². The molecule has 3 rings (SSSR count). The van der Waals surface area contributed by atoms with Crippen LogP contribution in [0, 0.1) is 0 Å². The summed E-state index contributed by atoms with van der Waals surface area (Å²) in [7, 11) is 1.80. The first-order valence-electron chi connectivity index (χ1n) is 6.61. The molecule has 0 spiro atoms. The van der Waals surface area contributed by atoms with Crippen LogP contribution < -0.4 is 5.32 Å². The summed E-state index contributed by atoms with van der Waals surface area (Å²) in [6.07, 6.45) is 1.70. The first kappa shape index (κ1) is 14.7. The first-order valence-corrected chi connectivity index (χ1v) is 7.81. The van der Waals surface area contributed by atoms with E-state index in [2.05, 4.69) is 15.4 Å². The summed E-state index contributed by atoms with van der Waals surface area (Å²) in [4.78, 5) is 17.3. The number of aromatic nitrogens is 3. The molecular formula is C15H13ClN4OS. The van der Waals surface area contributed by atoms with Crippen molar-refractivity contribution in [3.8, 4) is 10.6 Å². The lowest BCUT2D eigenvalue weighted by atomic mass is 10.3. The number of thiophene rings is 1. The van der Waals surface area contributed by atoms with Crippen molar-refractivity contribution in [1.29, 1.82) is 0 Å². The van der Waals surface area contributed by atoms with E-state index in [9.17, 15) is 4.79 Å². The molecule has 112 valence electrons. The molecule has 3 heterocycles. The fourth-order valence-corrected chi connectivity index (χ4v) is 3.12. The van der Waals surface area contributed by atoms with E-state index in [1.165, 1.54) is 11.3 Å². The van der Waals surface area contributed by atoms with Gasteiger partial charge in [0.25, 0.3) is 5.91 Å². The zero-order valence-corrected chi connectivity index (χ0v) is 13.4. The van der Waals surface area contributed by atoms with Crippen LogP contribution in [-0.2, 0) is 13.6 Å². The van der Waals surface area contributed by atoms with Gasteiger partial charge in [0.2, 0.25) is 0 Å². The van der Waals surface area contributed by atoms with Crippen molar-refractivity contribution in [3.63, 3.8) is 0 Å². The topological polar surface area (TPSA) is 59.8 Å². The van der Waals surface area contributed by atoms with E-state index < -0.39 is 0 Å². The van der Waals surface area contributed by atoms with E-state index in [4.69, 9.17) is 11.6 Å². The molecule has 0 aromatic carbocycles. The Balaban J connectivity index is 1.74. The molecule has 1 amide bonds. The number of nitrogens with one attached hydrogen (secondary N) is 1. The van der Waals surface area contributed by atoms with Crippen molar-refractivity contribution in [3.05, 3.63) is 58.3 Å². The molecule has 1 N–H and O–H groups in total. The lowest BCUT2D eigenvalue weighted by Gasteiger charge is -2.01. The Morgan fingerprint density at radius 1 is 1.36 bits per heavy atom. The van der Waals surface area contributed by atoms with Gasteiger partial charge in [0.05, 0.1) is 27.1 Å². The Kier molecular flexibility index (Phi) is 4.22. The second kappa shape index (κ2) is 6.29. The van der Waals surface area contributed by atoms with E-state index in [1.54, 1.807) is 24.0 Å². The highest BCUT2D eigenvalue weighted by Gasteiger charge is 2.15. The summed E-state index contributed by atoms with van der Waals surface area (Å²) in [6.45, 7) is 0.371.